The lowest BCUT2D eigenvalue weighted by Gasteiger charge is -2.22. The highest BCUT2D eigenvalue weighted by Gasteiger charge is 2.48. The minimum absolute atomic E-state index is 0.175. The number of hydrogen-bond donors (Lipinski definition) is 2. The third-order valence-electron chi connectivity index (χ3n) is 3.61. The molecule has 0 spiro atoms. The third kappa shape index (κ3) is 1.99. The van der Waals surface area contributed by atoms with E-state index in [1.807, 2.05) is 0 Å². The Kier molecular flexibility index (Phi) is 2.56. The predicted octanol–water partition coefficient (Wildman–Crippen LogP) is 1.04. The average Bonchev–Trinajstić information content (AvgIpc) is 2.68. The number of hydrogen-bond acceptors (Lipinski definition) is 2. The Morgan fingerprint density at radius 2 is 2.06 bits per heavy atom. The summed E-state index contributed by atoms with van der Waals surface area (Å²) in [4.78, 5) is 24.2. The molecule has 2 aliphatic rings. The summed E-state index contributed by atoms with van der Waals surface area (Å²) in [5.41, 5.74) is 0.175. The molecule has 0 aromatic carbocycles. The van der Waals surface area contributed by atoms with Gasteiger partial charge in [-0.15, -0.1) is 0 Å². The molecule has 0 aromatic rings. The van der Waals surface area contributed by atoms with E-state index in [4.69, 9.17) is 5.11 Å². The van der Waals surface area contributed by atoms with Crippen LogP contribution < -0.4 is 5.32 Å². The van der Waals surface area contributed by atoms with Gasteiger partial charge in [0.15, 0.2) is 0 Å². The SMILES string of the molecule is CC1(C)CC1NC(=O)N1CCC[C@H]1C(=O)O. The summed E-state index contributed by atoms with van der Waals surface area (Å²) < 4.78 is 0. The first-order valence-corrected chi connectivity index (χ1v) is 5.72. The van der Waals surface area contributed by atoms with Crippen LogP contribution in [-0.2, 0) is 4.79 Å². The molecule has 1 aliphatic heterocycles. The second kappa shape index (κ2) is 3.64. The molecule has 90 valence electrons. The molecule has 2 fully saturated rings. The van der Waals surface area contributed by atoms with E-state index in [0.717, 1.165) is 12.8 Å². The maximum atomic E-state index is 11.8. The molecule has 2 amide bonds. The van der Waals surface area contributed by atoms with Crippen LogP contribution in [0.3, 0.4) is 0 Å². The van der Waals surface area contributed by atoms with Gasteiger partial charge >= 0.3 is 12.0 Å². The van der Waals surface area contributed by atoms with Gasteiger partial charge in [-0.3, -0.25) is 0 Å². The number of nitrogens with zero attached hydrogens (tertiary/aromatic N) is 1. The molecule has 5 heteroatoms. The van der Waals surface area contributed by atoms with Crippen molar-refractivity contribution in [2.75, 3.05) is 6.54 Å². The van der Waals surface area contributed by atoms with Gasteiger partial charge < -0.3 is 15.3 Å². The van der Waals surface area contributed by atoms with Crippen molar-refractivity contribution in [3.63, 3.8) is 0 Å². The van der Waals surface area contributed by atoms with Crippen LogP contribution in [0.15, 0.2) is 0 Å². The smallest absolute Gasteiger partial charge is 0.326 e. The van der Waals surface area contributed by atoms with Gasteiger partial charge in [0.05, 0.1) is 0 Å². The molecule has 1 saturated carbocycles. The number of likely N-dealkylation sites (tertiary alicyclic amines) is 1. The van der Waals surface area contributed by atoms with Gasteiger partial charge in [0.1, 0.15) is 6.04 Å². The fourth-order valence-electron chi connectivity index (χ4n) is 2.21. The van der Waals surface area contributed by atoms with E-state index >= 15 is 0 Å². The van der Waals surface area contributed by atoms with Crippen LogP contribution in [0.25, 0.3) is 0 Å². The number of carbonyl (C=O) groups is 2. The van der Waals surface area contributed by atoms with Crippen LogP contribution in [0.4, 0.5) is 4.79 Å². The molecule has 0 aromatic heterocycles. The summed E-state index contributed by atoms with van der Waals surface area (Å²) in [7, 11) is 0. The first-order chi connectivity index (χ1) is 7.42. The summed E-state index contributed by atoms with van der Waals surface area (Å²) in [6.07, 6.45) is 2.32. The Morgan fingerprint density at radius 1 is 1.44 bits per heavy atom. The number of aliphatic carboxylic acids is 1. The second-order valence-electron chi connectivity index (χ2n) is 5.38. The van der Waals surface area contributed by atoms with Gasteiger partial charge in [0.25, 0.3) is 0 Å². The highest BCUT2D eigenvalue weighted by Crippen LogP contribution is 2.44. The van der Waals surface area contributed by atoms with Crippen molar-refractivity contribution in [3.8, 4) is 0 Å². The zero-order chi connectivity index (χ0) is 11.9. The molecule has 2 rings (SSSR count). The zero-order valence-corrected chi connectivity index (χ0v) is 9.69. The summed E-state index contributed by atoms with van der Waals surface area (Å²) in [5, 5.41) is 11.9. The van der Waals surface area contributed by atoms with Gasteiger partial charge in [-0.1, -0.05) is 13.8 Å². The summed E-state index contributed by atoms with van der Waals surface area (Å²) in [6.45, 7) is 4.74. The summed E-state index contributed by atoms with van der Waals surface area (Å²) in [6, 6.07) is -0.655. The molecule has 1 heterocycles. The average molecular weight is 226 g/mol. The lowest BCUT2D eigenvalue weighted by atomic mass is 10.2. The van der Waals surface area contributed by atoms with Crippen LogP contribution in [0.2, 0.25) is 0 Å². The standard InChI is InChI=1S/C11H18N2O3/c1-11(2)6-8(11)12-10(16)13-5-3-4-7(13)9(14)15/h7-8H,3-6H2,1-2H3,(H,12,16)(H,14,15)/t7-,8?/m0/s1. The van der Waals surface area contributed by atoms with Crippen LogP contribution in [-0.4, -0.2) is 40.6 Å². The van der Waals surface area contributed by atoms with Crippen molar-refractivity contribution >= 4 is 12.0 Å². The highest BCUT2D eigenvalue weighted by atomic mass is 16.4. The molecule has 16 heavy (non-hydrogen) atoms. The van der Waals surface area contributed by atoms with Crippen LogP contribution in [0, 0.1) is 5.41 Å². The van der Waals surface area contributed by atoms with Gasteiger partial charge in [0.2, 0.25) is 0 Å². The van der Waals surface area contributed by atoms with Gasteiger partial charge in [-0.05, 0) is 24.7 Å². The molecule has 2 atom stereocenters. The van der Waals surface area contributed by atoms with Crippen LogP contribution in [0.1, 0.15) is 33.1 Å². The van der Waals surface area contributed by atoms with E-state index < -0.39 is 12.0 Å². The highest BCUT2D eigenvalue weighted by molar-refractivity contribution is 5.83. The predicted molar refractivity (Wildman–Crippen MR) is 58.1 cm³/mol. The fourth-order valence-corrected chi connectivity index (χ4v) is 2.21. The third-order valence-corrected chi connectivity index (χ3v) is 3.61. The van der Waals surface area contributed by atoms with Crippen molar-refractivity contribution < 1.29 is 14.7 Å². The number of carboxylic acids is 1. The molecule has 0 bridgehead atoms. The largest absolute Gasteiger partial charge is 0.480 e. The maximum Gasteiger partial charge on any atom is 0.326 e. The number of rotatable bonds is 2. The van der Waals surface area contributed by atoms with Crippen molar-refractivity contribution in [1.29, 1.82) is 0 Å². The van der Waals surface area contributed by atoms with E-state index in [-0.39, 0.29) is 17.5 Å². The normalized spacial score (nSPS) is 31.2. The molecule has 2 N–H and O–H groups in total. The molecular weight excluding hydrogens is 208 g/mol. The van der Waals surface area contributed by atoms with E-state index in [2.05, 4.69) is 19.2 Å². The monoisotopic (exact) mass is 226 g/mol. The number of nitrogens with one attached hydrogen (secondary N) is 1. The Balaban J connectivity index is 1.92. The number of carboxylic acid groups (broad SMARTS) is 1. The van der Waals surface area contributed by atoms with Gasteiger partial charge in [-0.25, -0.2) is 9.59 Å². The molecule has 1 unspecified atom stereocenters. The fraction of sp³-hybridized carbons (Fsp3) is 0.818. The second-order valence-corrected chi connectivity index (χ2v) is 5.38. The minimum atomic E-state index is -0.900. The molecule has 1 saturated heterocycles. The van der Waals surface area contributed by atoms with Gasteiger partial charge in [0, 0.05) is 12.6 Å². The van der Waals surface area contributed by atoms with Crippen molar-refractivity contribution in [2.45, 2.75) is 45.2 Å². The van der Waals surface area contributed by atoms with Crippen molar-refractivity contribution in [2.24, 2.45) is 5.41 Å². The molecule has 0 radical (unpaired) electrons. The van der Waals surface area contributed by atoms with Crippen LogP contribution in [0.5, 0.6) is 0 Å². The first-order valence-electron chi connectivity index (χ1n) is 5.72. The van der Waals surface area contributed by atoms with E-state index in [9.17, 15) is 9.59 Å². The minimum Gasteiger partial charge on any atom is -0.480 e. The molecule has 1 aliphatic carbocycles. The van der Waals surface area contributed by atoms with Gasteiger partial charge in [-0.2, -0.15) is 0 Å². The Morgan fingerprint density at radius 3 is 2.56 bits per heavy atom. The van der Waals surface area contributed by atoms with Crippen LogP contribution >= 0.6 is 0 Å². The molecule has 5 nitrogen and oxygen atoms in total. The van der Waals surface area contributed by atoms with Crippen molar-refractivity contribution in [3.05, 3.63) is 0 Å². The Bertz CT molecular complexity index is 327. The quantitative estimate of drug-likeness (QED) is 0.739. The van der Waals surface area contributed by atoms with E-state index in [0.29, 0.717) is 13.0 Å². The lowest BCUT2D eigenvalue weighted by molar-refractivity contribution is -0.141. The number of urea groups is 1. The molecular formula is C11H18N2O3. The van der Waals surface area contributed by atoms with E-state index in [1.165, 1.54) is 4.90 Å². The first kappa shape index (κ1) is 11.2. The Hall–Kier alpha value is -1.26. The topological polar surface area (TPSA) is 69.6 Å². The lowest BCUT2D eigenvalue weighted by Crippen LogP contribution is -2.47. The van der Waals surface area contributed by atoms with Crippen molar-refractivity contribution in [1.82, 2.24) is 10.2 Å². The number of carbonyl (C=O) groups excluding carboxylic acids is 1. The summed E-state index contributed by atoms with van der Waals surface area (Å²) >= 11 is 0. The van der Waals surface area contributed by atoms with E-state index in [1.54, 1.807) is 0 Å². The summed E-state index contributed by atoms with van der Waals surface area (Å²) in [5.74, 6) is -0.900. The maximum absolute atomic E-state index is 11.8. The number of amides is 2. The zero-order valence-electron chi connectivity index (χ0n) is 9.69. The Labute approximate surface area is 94.8 Å².